The summed E-state index contributed by atoms with van der Waals surface area (Å²) >= 11 is 5.85. The number of hydrogen-bond donors (Lipinski definition) is 0. The molecule has 1 aromatic rings. The van der Waals surface area contributed by atoms with Crippen LogP contribution in [0.4, 0.5) is 4.39 Å². The zero-order chi connectivity index (χ0) is 14.0. The summed E-state index contributed by atoms with van der Waals surface area (Å²) in [4.78, 5) is 12.2. The van der Waals surface area contributed by atoms with E-state index in [4.69, 9.17) is 11.6 Å². The Kier molecular flexibility index (Phi) is 4.29. The molecule has 0 unspecified atom stereocenters. The first-order valence-corrected chi connectivity index (χ1v) is 7.22. The van der Waals surface area contributed by atoms with Crippen LogP contribution in [0.2, 0.25) is 5.02 Å². The summed E-state index contributed by atoms with van der Waals surface area (Å²) < 4.78 is 13.6. The Balaban J connectivity index is 2.00. The molecule has 0 aromatic heterocycles. The van der Waals surface area contributed by atoms with Crippen molar-refractivity contribution >= 4 is 17.4 Å². The van der Waals surface area contributed by atoms with E-state index in [-0.39, 0.29) is 23.9 Å². The van der Waals surface area contributed by atoms with E-state index in [0.29, 0.717) is 16.0 Å². The topological polar surface area (TPSA) is 17.1 Å². The summed E-state index contributed by atoms with van der Waals surface area (Å²) in [5, 5.41) is 0.481. The maximum Gasteiger partial charge on any atom is 0.140 e. The lowest BCUT2D eigenvalue weighted by Crippen LogP contribution is -2.27. The van der Waals surface area contributed by atoms with Crippen LogP contribution in [0.25, 0.3) is 0 Å². The fraction of sp³-hybridized carbons (Fsp3) is 0.562. The molecule has 0 atom stereocenters. The number of hydrogen-bond acceptors (Lipinski definition) is 1. The van der Waals surface area contributed by atoms with Gasteiger partial charge in [-0.25, -0.2) is 4.39 Å². The van der Waals surface area contributed by atoms with Gasteiger partial charge in [-0.1, -0.05) is 25.4 Å². The molecule has 1 saturated carbocycles. The van der Waals surface area contributed by atoms with Crippen molar-refractivity contribution < 1.29 is 9.18 Å². The molecule has 2 rings (SSSR count). The smallest absolute Gasteiger partial charge is 0.140 e. The van der Waals surface area contributed by atoms with Crippen LogP contribution in [0.3, 0.4) is 0 Å². The van der Waals surface area contributed by atoms with Crippen LogP contribution in [0.15, 0.2) is 18.2 Å². The summed E-state index contributed by atoms with van der Waals surface area (Å²) in [5.41, 5.74) is 0.764. The zero-order valence-corrected chi connectivity index (χ0v) is 12.3. The highest BCUT2D eigenvalue weighted by Gasteiger charge is 2.30. The Morgan fingerprint density at radius 3 is 2.63 bits per heavy atom. The van der Waals surface area contributed by atoms with Gasteiger partial charge < -0.3 is 0 Å². The van der Waals surface area contributed by atoms with Gasteiger partial charge >= 0.3 is 0 Å². The molecule has 0 radical (unpaired) electrons. The molecule has 0 bridgehead atoms. The van der Waals surface area contributed by atoms with Crippen molar-refractivity contribution in [1.82, 2.24) is 0 Å². The molecule has 0 heterocycles. The van der Waals surface area contributed by atoms with E-state index in [1.54, 1.807) is 6.07 Å². The summed E-state index contributed by atoms with van der Waals surface area (Å²) in [6.07, 6.45) is 4.16. The van der Waals surface area contributed by atoms with Crippen LogP contribution in [0, 0.1) is 17.2 Å². The molecule has 1 aromatic carbocycles. The van der Waals surface area contributed by atoms with Crippen molar-refractivity contribution in [3.63, 3.8) is 0 Å². The standard InChI is InChI=1S/C16H20ClFO/c1-16(2)7-5-11(6-8-16)15(19)10-12-9-13(17)3-4-14(12)18/h3-4,9,11H,5-8,10H2,1-2H3. The molecular weight excluding hydrogens is 263 g/mol. The molecule has 0 N–H and O–H groups in total. The quantitative estimate of drug-likeness (QED) is 0.778. The molecule has 1 fully saturated rings. The Bertz CT molecular complexity index is 472. The van der Waals surface area contributed by atoms with Gasteiger partial charge in [0.25, 0.3) is 0 Å². The van der Waals surface area contributed by atoms with Crippen molar-refractivity contribution in [1.29, 1.82) is 0 Å². The molecule has 19 heavy (non-hydrogen) atoms. The van der Waals surface area contributed by atoms with Crippen molar-refractivity contribution in [2.75, 3.05) is 0 Å². The Labute approximate surface area is 119 Å². The molecule has 0 amide bonds. The second-order valence-electron chi connectivity index (χ2n) is 6.32. The van der Waals surface area contributed by atoms with Crippen molar-refractivity contribution in [3.8, 4) is 0 Å². The zero-order valence-electron chi connectivity index (χ0n) is 11.5. The van der Waals surface area contributed by atoms with E-state index in [2.05, 4.69) is 13.8 Å². The monoisotopic (exact) mass is 282 g/mol. The number of carbonyl (C=O) groups excluding carboxylic acids is 1. The predicted octanol–water partition coefficient (Wildman–Crippen LogP) is 4.81. The van der Waals surface area contributed by atoms with Gasteiger partial charge in [-0.3, -0.25) is 4.79 Å². The molecule has 1 nitrogen and oxygen atoms in total. The van der Waals surface area contributed by atoms with Crippen molar-refractivity contribution in [2.45, 2.75) is 46.0 Å². The first-order valence-electron chi connectivity index (χ1n) is 6.84. The minimum atomic E-state index is -0.339. The molecule has 0 aliphatic heterocycles. The minimum absolute atomic E-state index is 0.0893. The number of rotatable bonds is 3. The highest BCUT2D eigenvalue weighted by Crippen LogP contribution is 2.38. The summed E-state index contributed by atoms with van der Waals surface area (Å²) in [5.74, 6) is -0.100. The summed E-state index contributed by atoms with van der Waals surface area (Å²) in [6, 6.07) is 4.39. The highest BCUT2D eigenvalue weighted by atomic mass is 35.5. The van der Waals surface area contributed by atoms with E-state index >= 15 is 0 Å². The fourth-order valence-corrected chi connectivity index (χ4v) is 2.93. The van der Waals surface area contributed by atoms with E-state index in [1.807, 2.05) is 0 Å². The van der Waals surface area contributed by atoms with Crippen LogP contribution < -0.4 is 0 Å². The lowest BCUT2D eigenvalue weighted by Gasteiger charge is -2.33. The second kappa shape index (κ2) is 5.62. The minimum Gasteiger partial charge on any atom is -0.299 e. The first kappa shape index (κ1) is 14.5. The Morgan fingerprint density at radius 1 is 1.37 bits per heavy atom. The van der Waals surface area contributed by atoms with Crippen LogP contribution in [0.5, 0.6) is 0 Å². The van der Waals surface area contributed by atoms with Gasteiger partial charge in [0.05, 0.1) is 0 Å². The lowest BCUT2D eigenvalue weighted by atomic mass is 9.71. The summed E-state index contributed by atoms with van der Waals surface area (Å²) in [7, 11) is 0. The number of carbonyl (C=O) groups is 1. The van der Waals surface area contributed by atoms with E-state index < -0.39 is 0 Å². The molecular formula is C16H20ClFO. The van der Waals surface area contributed by atoms with Crippen LogP contribution in [-0.4, -0.2) is 5.78 Å². The van der Waals surface area contributed by atoms with E-state index in [9.17, 15) is 9.18 Å². The first-order chi connectivity index (χ1) is 8.87. The predicted molar refractivity (Wildman–Crippen MR) is 75.9 cm³/mol. The number of halogens is 2. The number of Topliss-reactive ketones (excluding diaryl/α,β-unsaturated/α-hetero) is 1. The van der Waals surface area contributed by atoms with E-state index in [0.717, 1.165) is 25.7 Å². The van der Waals surface area contributed by atoms with Gasteiger partial charge in [0.2, 0.25) is 0 Å². The number of ketones is 1. The molecule has 0 spiro atoms. The summed E-state index contributed by atoms with van der Waals surface area (Å²) in [6.45, 7) is 4.48. The third-order valence-corrected chi connectivity index (χ3v) is 4.40. The maximum absolute atomic E-state index is 13.6. The Hall–Kier alpha value is -0.890. The average Bonchev–Trinajstić information content (AvgIpc) is 2.33. The van der Waals surface area contributed by atoms with E-state index in [1.165, 1.54) is 12.1 Å². The third-order valence-electron chi connectivity index (χ3n) is 4.17. The average molecular weight is 283 g/mol. The van der Waals surface area contributed by atoms with Gasteiger partial charge in [-0.15, -0.1) is 0 Å². The lowest BCUT2D eigenvalue weighted by molar-refractivity contribution is -0.123. The van der Waals surface area contributed by atoms with Crippen LogP contribution in [-0.2, 0) is 11.2 Å². The SMILES string of the molecule is CC1(C)CCC(C(=O)Cc2cc(Cl)ccc2F)CC1. The molecule has 104 valence electrons. The van der Waals surface area contributed by atoms with Gasteiger partial charge in [0.1, 0.15) is 11.6 Å². The van der Waals surface area contributed by atoms with Gasteiger partial charge in [-0.2, -0.15) is 0 Å². The molecule has 0 saturated heterocycles. The largest absolute Gasteiger partial charge is 0.299 e. The molecule has 1 aliphatic rings. The van der Waals surface area contributed by atoms with Gasteiger partial charge in [-0.05, 0) is 54.9 Å². The van der Waals surface area contributed by atoms with Gasteiger partial charge in [0, 0.05) is 17.4 Å². The van der Waals surface area contributed by atoms with Gasteiger partial charge in [0.15, 0.2) is 0 Å². The van der Waals surface area contributed by atoms with Crippen LogP contribution >= 0.6 is 11.6 Å². The fourth-order valence-electron chi connectivity index (χ4n) is 2.73. The molecule has 1 aliphatic carbocycles. The highest BCUT2D eigenvalue weighted by molar-refractivity contribution is 6.30. The Morgan fingerprint density at radius 2 is 2.00 bits per heavy atom. The molecule has 3 heteroatoms. The van der Waals surface area contributed by atoms with Crippen molar-refractivity contribution in [2.24, 2.45) is 11.3 Å². The second-order valence-corrected chi connectivity index (χ2v) is 6.75. The maximum atomic E-state index is 13.6. The van der Waals surface area contributed by atoms with Crippen LogP contribution in [0.1, 0.15) is 45.1 Å². The normalized spacial score (nSPS) is 19.4. The third kappa shape index (κ3) is 3.79. The van der Waals surface area contributed by atoms with Crippen molar-refractivity contribution in [3.05, 3.63) is 34.6 Å². The number of benzene rings is 1.